The van der Waals surface area contributed by atoms with Gasteiger partial charge in [0.1, 0.15) is 5.75 Å². The smallest absolute Gasteiger partial charge is 0.279 e. The topological polar surface area (TPSA) is 90.2 Å². The van der Waals surface area contributed by atoms with Gasteiger partial charge in [-0.1, -0.05) is 11.3 Å². The van der Waals surface area contributed by atoms with Crippen LogP contribution in [0.3, 0.4) is 0 Å². The molecule has 1 aliphatic heterocycles. The van der Waals surface area contributed by atoms with Gasteiger partial charge in [0, 0.05) is 31.8 Å². The van der Waals surface area contributed by atoms with Gasteiger partial charge in [-0.15, -0.1) is 0 Å². The van der Waals surface area contributed by atoms with Crippen molar-refractivity contribution in [1.29, 1.82) is 0 Å². The van der Waals surface area contributed by atoms with E-state index in [0.717, 1.165) is 28.8 Å². The van der Waals surface area contributed by atoms with Gasteiger partial charge in [0.25, 0.3) is 5.91 Å². The molecule has 34 heavy (non-hydrogen) atoms. The Hall–Kier alpha value is -2.53. The summed E-state index contributed by atoms with van der Waals surface area (Å²) in [6.07, 6.45) is 1.75. The lowest BCUT2D eigenvalue weighted by atomic mass is 10.2. The summed E-state index contributed by atoms with van der Waals surface area (Å²) in [7, 11) is -3.52. The van der Waals surface area contributed by atoms with E-state index in [-0.39, 0.29) is 4.90 Å². The van der Waals surface area contributed by atoms with E-state index in [0.29, 0.717) is 49.8 Å². The fraction of sp³-hybridized carbons (Fsp3) is 0.417. The van der Waals surface area contributed by atoms with E-state index in [1.165, 1.54) is 39.9 Å². The molecule has 0 saturated carbocycles. The van der Waals surface area contributed by atoms with E-state index in [2.05, 4.69) is 4.99 Å². The molecule has 0 aliphatic carbocycles. The maximum Gasteiger partial charge on any atom is 0.279 e. The summed E-state index contributed by atoms with van der Waals surface area (Å²) in [5.41, 5.74) is 1.29. The third-order valence-corrected chi connectivity index (χ3v) is 8.58. The van der Waals surface area contributed by atoms with Crippen LogP contribution in [0.25, 0.3) is 10.2 Å². The molecule has 2 heterocycles. The van der Waals surface area contributed by atoms with Crippen LogP contribution in [-0.2, 0) is 21.3 Å². The van der Waals surface area contributed by atoms with Crippen LogP contribution in [-0.4, -0.2) is 56.1 Å². The Kier molecular flexibility index (Phi) is 7.82. The molecule has 3 aromatic rings. The highest BCUT2D eigenvalue weighted by molar-refractivity contribution is 7.89. The normalized spacial score (nSPS) is 15.3. The molecule has 1 aliphatic rings. The quantitative estimate of drug-likeness (QED) is 0.416. The van der Waals surface area contributed by atoms with Gasteiger partial charge in [-0.25, -0.2) is 8.42 Å². The van der Waals surface area contributed by atoms with Gasteiger partial charge in [0.05, 0.1) is 28.3 Å². The number of ether oxygens (including phenoxy) is 2. The maximum absolute atomic E-state index is 13.0. The van der Waals surface area contributed by atoms with Gasteiger partial charge in [0.15, 0.2) is 4.80 Å². The molecule has 1 saturated heterocycles. The number of fused-ring (bicyclic) bond motifs is 1. The van der Waals surface area contributed by atoms with Crippen LogP contribution in [0.4, 0.5) is 0 Å². The molecule has 0 N–H and O–H groups in total. The standard InChI is InChI=1S/C24H29N3O5S2/c1-3-31-16-15-27-21-12-9-19(32-4-2)17-22(21)33-24(27)25-23(28)18-7-10-20(11-8-18)34(29,30)26-13-5-6-14-26/h7-12,17H,3-6,13-16H2,1-2H3. The van der Waals surface area contributed by atoms with Crippen LogP contribution in [0.2, 0.25) is 0 Å². The first-order valence-electron chi connectivity index (χ1n) is 11.5. The summed E-state index contributed by atoms with van der Waals surface area (Å²) in [6.45, 7) is 7.18. The number of hydrogen-bond donors (Lipinski definition) is 0. The summed E-state index contributed by atoms with van der Waals surface area (Å²) in [5, 5.41) is 0. The molecule has 1 aromatic heterocycles. The van der Waals surface area contributed by atoms with E-state index in [9.17, 15) is 13.2 Å². The predicted octanol–water partition coefficient (Wildman–Crippen LogP) is 3.66. The second kappa shape index (κ2) is 10.8. The number of aromatic nitrogens is 1. The Balaban J connectivity index is 1.65. The first-order valence-corrected chi connectivity index (χ1v) is 13.7. The SMILES string of the molecule is CCOCCn1c(=NC(=O)c2ccc(S(=O)(=O)N3CCCC3)cc2)sc2cc(OCC)ccc21. The summed E-state index contributed by atoms with van der Waals surface area (Å²) in [4.78, 5) is 18.1. The van der Waals surface area contributed by atoms with Crippen LogP contribution in [0.15, 0.2) is 52.4 Å². The largest absolute Gasteiger partial charge is 0.494 e. The number of rotatable bonds is 9. The summed E-state index contributed by atoms with van der Waals surface area (Å²) in [6, 6.07) is 11.8. The molecule has 8 nitrogen and oxygen atoms in total. The fourth-order valence-electron chi connectivity index (χ4n) is 3.91. The highest BCUT2D eigenvalue weighted by Gasteiger charge is 2.27. The van der Waals surface area contributed by atoms with Crippen molar-refractivity contribution in [2.75, 3.05) is 32.9 Å². The van der Waals surface area contributed by atoms with Crippen LogP contribution in [0.5, 0.6) is 5.75 Å². The molecule has 0 atom stereocenters. The molecule has 10 heteroatoms. The zero-order valence-electron chi connectivity index (χ0n) is 19.4. The van der Waals surface area contributed by atoms with Gasteiger partial charge in [-0.3, -0.25) is 4.79 Å². The number of carbonyl (C=O) groups excluding carboxylic acids is 1. The predicted molar refractivity (Wildman–Crippen MR) is 132 cm³/mol. The van der Waals surface area contributed by atoms with Crippen molar-refractivity contribution < 1.29 is 22.7 Å². The van der Waals surface area contributed by atoms with Gasteiger partial charge in [-0.2, -0.15) is 9.30 Å². The second-order valence-corrected chi connectivity index (χ2v) is 10.8. The van der Waals surface area contributed by atoms with E-state index in [1.54, 1.807) is 0 Å². The van der Waals surface area contributed by atoms with E-state index < -0.39 is 15.9 Å². The van der Waals surface area contributed by atoms with Gasteiger partial charge in [0.2, 0.25) is 10.0 Å². The number of nitrogens with zero attached hydrogens (tertiary/aromatic N) is 3. The zero-order chi connectivity index (χ0) is 24.1. The van der Waals surface area contributed by atoms with Crippen molar-refractivity contribution in [2.24, 2.45) is 4.99 Å². The number of sulfonamides is 1. The lowest BCUT2D eigenvalue weighted by Crippen LogP contribution is -2.27. The number of hydrogen-bond acceptors (Lipinski definition) is 6. The Morgan fingerprint density at radius 1 is 1.06 bits per heavy atom. The van der Waals surface area contributed by atoms with Crippen LogP contribution in [0.1, 0.15) is 37.0 Å². The minimum absolute atomic E-state index is 0.197. The van der Waals surface area contributed by atoms with Crippen molar-refractivity contribution >= 4 is 37.5 Å². The lowest BCUT2D eigenvalue weighted by Gasteiger charge is -2.15. The fourth-order valence-corrected chi connectivity index (χ4v) is 6.51. The Bertz CT molecular complexity index is 1320. The van der Waals surface area contributed by atoms with Gasteiger partial charge in [-0.05, 0) is 69.2 Å². The molecule has 1 fully saturated rings. The minimum atomic E-state index is -3.52. The summed E-state index contributed by atoms with van der Waals surface area (Å²) < 4.78 is 41.0. The summed E-state index contributed by atoms with van der Waals surface area (Å²) >= 11 is 1.41. The Labute approximate surface area is 203 Å². The molecular formula is C24H29N3O5S2. The van der Waals surface area contributed by atoms with Crippen molar-refractivity contribution in [2.45, 2.75) is 38.1 Å². The number of thiazole rings is 1. The van der Waals surface area contributed by atoms with E-state index in [1.807, 2.05) is 36.6 Å². The van der Waals surface area contributed by atoms with Crippen molar-refractivity contribution in [3.05, 3.63) is 52.8 Å². The van der Waals surface area contributed by atoms with Crippen molar-refractivity contribution in [3.63, 3.8) is 0 Å². The molecule has 0 spiro atoms. The molecule has 4 rings (SSSR count). The minimum Gasteiger partial charge on any atom is -0.494 e. The average molecular weight is 504 g/mol. The lowest BCUT2D eigenvalue weighted by molar-refractivity contribution is 0.0996. The molecule has 2 aromatic carbocycles. The van der Waals surface area contributed by atoms with Crippen molar-refractivity contribution in [3.8, 4) is 5.75 Å². The van der Waals surface area contributed by atoms with E-state index >= 15 is 0 Å². The number of benzene rings is 2. The van der Waals surface area contributed by atoms with E-state index in [4.69, 9.17) is 9.47 Å². The average Bonchev–Trinajstić information content (AvgIpc) is 3.49. The van der Waals surface area contributed by atoms with Crippen LogP contribution >= 0.6 is 11.3 Å². The van der Waals surface area contributed by atoms with Crippen LogP contribution < -0.4 is 9.54 Å². The molecular weight excluding hydrogens is 474 g/mol. The van der Waals surface area contributed by atoms with Crippen molar-refractivity contribution in [1.82, 2.24) is 8.87 Å². The highest BCUT2D eigenvalue weighted by atomic mass is 32.2. The van der Waals surface area contributed by atoms with Gasteiger partial charge < -0.3 is 14.0 Å². The monoisotopic (exact) mass is 503 g/mol. The molecule has 0 radical (unpaired) electrons. The molecule has 0 bridgehead atoms. The number of amides is 1. The molecule has 0 unspecified atom stereocenters. The van der Waals surface area contributed by atoms with Crippen LogP contribution in [0, 0.1) is 0 Å². The van der Waals surface area contributed by atoms with Gasteiger partial charge >= 0.3 is 0 Å². The molecule has 182 valence electrons. The molecule has 1 amide bonds. The first kappa shape index (κ1) is 24.6. The Morgan fingerprint density at radius 3 is 2.47 bits per heavy atom. The Morgan fingerprint density at radius 2 is 1.79 bits per heavy atom. The highest BCUT2D eigenvalue weighted by Crippen LogP contribution is 2.24. The maximum atomic E-state index is 13.0. The number of carbonyl (C=O) groups is 1. The third kappa shape index (κ3) is 5.25. The zero-order valence-corrected chi connectivity index (χ0v) is 21.0. The summed E-state index contributed by atoms with van der Waals surface area (Å²) in [5.74, 6) is 0.341. The third-order valence-electron chi connectivity index (χ3n) is 5.63. The second-order valence-electron chi connectivity index (χ2n) is 7.85. The first-order chi connectivity index (χ1) is 16.4.